The molecule has 1 fully saturated rings. The highest BCUT2D eigenvalue weighted by Crippen LogP contribution is 2.31. The number of hydrogen-bond acceptors (Lipinski definition) is 4. The van der Waals surface area contributed by atoms with E-state index in [9.17, 15) is 9.59 Å². The highest BCUT2D eigenvalue weighted by molar-refractivity contribution is 9.10. The van der Waals surface area contributed by atoms with Gasteiger partial charge in [0.15, 0.2) is 0 Å². The van der Waals surface area contributed by atoms with Crippen LogP contribution in [0.5, 0.6) is 0 Å². The summed E-state index contributed by atoms with van der Waals surface area (Å²) in [5.74, 6) is 0.159. The van der Waals surface area contributed by atoms with Crippen LogP contribution in [0, 0.1) is 0 Å². The van der Waals surface area contributed by atoms with E-state index in [1.807, 2.05) is 23.1 Å². The maximum absolute atomic E-state index is 12.4. The molecule has 1 aromatic heterocycles. The summed E-state index contributed by atoms with van der Waals surface area (Å²) in [6, 6.07) is 5.64. The Morgan fingerprint density at radius 2 is 1.92 bits per heavy atom. The molecule has 1 aliphatic heterocycles. The van der Waals surface area contributed by atoms with Crippen molar-refractivity contribution >= 4 is 55.9 Å². The molecule has 0 aliphatic carbocycles. The monoisotopic (exact) mass is 438 g/mol. The van der Waals surface area contributed by atoms with Crippen molar-refractivity contribution in [1.29, 1.82) is 0 Å². The molecule has 0 bridgehead atoms. The van der Waals surface area contributed by atoms with Crippen molar-refractivity contribution in [3.8, 4) is 0 Å². The molecule has 2 amide bonds. The van der Waals surface area contributed by atoms with Gasteiger partial charge in [0, 0.05) is 67.8 Å². The largest absolute Gasteiger partial charge is 0.384 e. The predicted molar refractivity (Wildman–Crippen MR) is 106 cm³/mol. The number of aromatic nitrogens is 1. The lowest BCUT2D eigenvalue weighted by molar-refractivity contribution is -0.138. The fourth-order valence-corrected chi connectivity index (χ4v) is 3.92. The Labute approximate surface area is 165 Å². The first kappa shape index (κ1) is 18.9. The second-order valence-electron chi connectivity index (χ2n) is 6.21. The van der Waals surface area contributed by atoms with Gasteiger partial charge in [-0.15, -0.1) is 0 Å². The maximum atomic E-state index is 12.4. The topological polar surface area (TPSA) is 65.5 Å². The summed E-state index contributed by atoms with van der Waals surface area (Å²) in [5.41, 5.74) is 1.62. The zero-order valence-electron chi connectivity index (χ0n) is 14.5. The molecule has 2 aromatic rings. The van der Waals surface area contributed by atoms with E-state index < -0.39 is 0 Å². The minimum absolute atomic E-state index is 0.0631. The molecule has 1 N–H and O–H groups in total. The molecule has 26 heavy (non-hydrogen) atoms. The molecule has 0 radical (unpaired) electrons. The van der Waals surface area contributed by atoms with Crippen molar-refractivity contribution in [2.75, 3.05) is 38.0 Å². The number of carbonyl (C=O) groups is 2. The summed E-state index contributed by atoms with van der Waals surface area (Å²) >= 11 is 9.69. The molecule has 3 rings (SSSR count). The number of nitrogens with one attached hydrogen (secondary N) is 1. The Hall–Kier alpha value is -1.86. The van der Waals surface area contributed by atoms with E-state index in [2.05, 4.69) is 26.2 Å². The Kier molecular flexibility index (Phi) is 5.98. The Balaban J connectivity index is 1.58. The maximum Gasteiger partial charge on any atom is 0.224 e. The summed E-state index contributed by atoms with van der Waals surface area (Å²) in [6.45, 7) is 4.49. The predicted octanol–water partition coefficient (Wildman–Crippen LogP) is 3.14. The van der Waals surface area contributed by atoms with E-state index in [1.165, 1.54) is 0 Å². The summed E-state index contributed by atoms with van der Waals surface area (Å²) in [7, 11) is 0. The molecule has 0 spiro atoms. The molecular weight excluding hydrogens is 420 g/mol. The number of nitrogens with zero attached hydrogens (tertiary/aromatic N) is 3. The average Bonchev–Trinajstić information content (AvgIpc) is 2.62. The third-order valence-electron chi connectivity index (χ3n) is 4.50. The van der Waals surface area contributed by atoms with Gasteiger partial charge in [-0.3, -0.25) is 14.6 Å². The minimum Gasteiger partial charge on any atom is -0.384 e. The van der Waals surface area contributed by atoms with Crippen LogP contribution >= 0.6 is 27.5 Å². The Morgan fingerprint density at radius 3 is 2.62 bits per heavy atom. The number of carbonyl (C=O) groups excluding carboxylic acids is 2. The SMILES string of the molecule is CC(=O)N1CCN(C(=O)CCNc2ccnc3c(Cl)cc(Br)cc23)CC1. The van der Waals surface area contributed by atoms with Crippen LogP contribution in [0.15, 0.2) is 28.9 Å². The number of fused-ring (bicyclic) bond motifs is 1. The Bertz CT molecular complexity index is 837. The van der Waals surface area contributed by atoms with Crippen LogP contribution in [0.25, 0.3) is 10.9 Å². The second-order valence-corrected chi connectivity index (χ2v) is 7.53. The molecule has 0 unspecified atom stereocenters. The normalized spacial score (nSPS) is 14.6. The highest BCUT2D eigenvalue weighted by atomic mass is 79.9. The van der Waals surface area contributed by atoms with E-state index in [-0.39, 0.29) is 11.8 Å². The van der Waals surface area contributed by atoms with Gasteiger partial charge < -0.3 is 15.1 Å². The van der Waals surface area contributed by atoms with Gasteiger partial charge in [0.25, 0.3) is 0 Å². The molecule has 1 aliphatic rings. The smallest absolute Gasteiger partial charge is 0.224 e. The fraction of sp³-hybridized carbons (Fsp3) is 0.389. The minimum atomic E-state index is 0.0631. The van der Waals surface area contributed by atoms with Gasteiger partial charge in [-0.1, -0.05) is 27.5 Å². The molecule has 138 valence electrons. The Morgan fingerprint density at radius 1 is 1.23 bits per heavy atom. The number of benzene rings is 1. The number of piperazine rings is 1. The molecule has 2 heterocycles. The van der Waals surface area contributed by atoms with Crippen LogP contribution in [0.2, 0.25) is 5.02 Å². The van der Waals surface area contributed by atoms with Gasteiger partial charge in [0.05, 0.1) is 10.5 Å². The van der Waals surface area contributed by atoms with E-state index in [0.717, 1.165) is 21.1 Å². The number of hydrogen-bond donors (Lipinski definition) is 1. The van der Waals surface area contributed by atoms with Gasteiger partial charge in [0.1, 0.15) is 0 Å². The quantitative estimate of drug-likeness (QED) is 0.795. The molecule has 0 atom stereocenters. The number of anilines is 1. The molecule has 0 saturated carbocycles. The first-order chi connectivity index (χ1) is 12.5. The third-order valence-corrected chi connectivity index (χ3v) is 5.24. The van der Waals surface area contributed by atoms with E-state index in [1.54, 1.807) is 18.0 Å². The van der Waals surface area contributed by atoms with Gasteiger partial charge >= 0.3 is 0 Å². The van der Waals surface area contributed by atoms with Crippen LogP contribution in [0.3, 0.4) is 0 Å². The van der Waals surface area contributed by atoms with Crippen molar-refractivity contribution in [3.63, 3.8) is 0 Å². The van der Waals surface area contributed by atoms with Crippen molar-refractivity contribution in [1.82, 2.24) is 14.8 Å². The fourth-order valence-electron chi connectivity index (χ4n) is 3.07. The highest BCUT2D eigenvalue weighted by Gasteiger charge is 2.21. The molecule has 6 nitrogen and oxygen atoms in total. The summed E-state index contributed by atoms with van der Waals surface area (Å²) in [4.78, 5) is 31.6. The van der Waals surface area contributed by atoms with Crippen LogP contribution in [-0.2, 0) is 9.59 Å². The molecular formula is C18H20BrClN4O2. The molecule has 1 aromatic carbocycles. The van der Waals surface area contributed by atoms with Crippen molar-refractivity contribution < 1.29 is 9.59 Å². The third kappa shape index (κ3) is 4.27. The lowest BCUT2D eigenvalue weighted by Crippen LogP contribution is -2.50. The van der Waals surface area contributed by atoms with Gasteiger partial charge in [0.2, 0.25) is 11.8 Å². The first-order valence-electron chi connectivity index (χ1n) is 8.46. The van der Waals surface area contributed by atoms with Crippen LogP contribution in [0.1, 0.15) is 13.3 Å². The molecule has 1 saturated heterocycles. The van der Waals surface area contributed by atoms with Crippen molar-refractivity contribution in [2.45, 2.75) is 13.3 Å². The molecule has 8 heteroatoms. The van der Waals surface area contributed by atoms with Crippen LogP contribution in [0.4, 0.5) is 5.69 Å². The van der Waals surface area contributed by atoms with Gasteiger partial charge in [-0.25, -0.2) is 0 Å². The van der Waals surface area contributed by atoms with Crippen molar-refractivity contribution in [3.05, 3.63) is 33.9 Å². The van der Waals surface area contributed by atoms with Gasteiger partial charge in [-0.2, -0.15) is 0 Å². The van der Waals surface area contributed by atoms with Crippen LogP contribution < -0.4 is 5.32 Å². The first-order valence-corrected chi connectivity index (χ1v) is 9.63. The van der Waals surface area contributed by atoms with E-state index in [4.69, 9.17) is 11.6 Å². The van der Waals surface area contributed by atoms with Crippen molar-refractivity contribution in [2.24, 2.45) is 0 Å². The summed E-state index contributed by atoms with van der Waals surface area (Å²) in [6.07, 6.45) is 2.10. The number of rotatable bonds is 4. The standard InChI is InChI=1S/C18H20BrClN4O2/c1-12(25)23-6-8-24(9-7-23)17(26)3-5-21-16-2-4-22-18-14(16)10-13(19)11-15(18)20/h2,4,10-11H,3,5-9H2,1H3,(H,21,22). The van der Waals surface area contributed by atoms with E-state index >= 15 is 0 Å². The second kappa shape index (κ2) is 8.22. The zero-order valence-corrected chi connectivity index (χ0v) is 16.8. The lowest BCUT2D eigenvalue weighted by atomic mass is 10.2. The number of amides is 2. The number of pyridine rings is 1. The zero-order chi connectivity index (χ0) is 18.7. The summed E-state index contributed by atoms with van der Waals surface area (Å²) < 4.78 is 0.880. The average molecular weight is 440 g/mol. The summed E-state index contributed by atoms with van der Waals surface area (Å²) in [5, 5.41) is 4.80. The number of halogens is 2. The van der Waals surface area contributed by atoms with E-state index in [0.29, 0.717) is 44.2 Å². The van der Waals surface area contributed by atoms with Crippen LogP contribution in [-0.4, -0.2) is 59.3 Å². The lowest BCUT2D eigenvalue weighted by Gasteiger charge is -2.34. The van der Waals surface area contributed by atoms with Gasteiger partial charge in [-0.05, 0) is 18.2 Å².